The Hall–Kier alpha value is -3.95. The SMILES string of the molecule is N#CCCN(CCC#N)C(=O)COC(=O)c1cc(-c2cccs2)nn1-c1ccccc1. The van der Waals surface area contributed by atoms with Gasteiger partial charge in [-0.25, -0.2) is 9.48 Å². The second-order valence-electron chi connectivity index (χ2n) is 6.41. The fourth-order valence-electron chi connectivity index (χ4n) is 2.86. The van der Waals surface area contributed by atoms with Crippen LogP contribution < -0.4 is 0 Å². The number of carbonyl (C=O) groups is 2. The molecule has 9 heteroatoms. The smallest absolute Gasteiger partial charge is 0.357 e. The minimum Gasteiger partial charge on any atom is -0.451 e. The van der Waals surface area contributed by atoms with Gasteiger partial charge in [-0.2, -0.15) is 15.6 Å². The van der Waals surface area contributed by atoms with Crippen molar-refractivity contribution in [1.82, 2.24) is 14.7 Å². The van der Waals surface area contributed by atoms with Gasteiger partial charge in [-0.1, -0.05) is 24.3 Å². The van der Waals surface area contributed by atoms with Crippen molar-refractivity contribution in [1.29, 1.82) is 10.5 Å². The lowest BCUT2D eigenvalue weighted by atomic mass is 10.3. The summed E-state index contributed by atoms with van der Waals surface area (Å²) in [5, 5.41) is 24.0. The van der Waals surface area contributed by atoms with Crippen LogP contribution in [-0.4, -0.2) is 46.3 Å². The monoisotopic (exact) mass is 433 g/mol. The van der Waals surface area contributed by atoms with Crippen molar-refractivity contribution < 1.29 is 14.3 Å². The zero-order valence-electron chi connectivity index (χ0n) is 16.6. The van der Waals surface area contributed by atoms with E-state index in [1.165, 1.54) is 20.9 Å². The van der Waals surface area contributed by atoms with E-state index in [-0.39, 0.29) is 31.6 Å². The van der Waals surface area contributed by atoms with Crippen LogP contribution in [-0.2, 0) is 9.53 Å². The molecule has 0 saturated carbocycles. The molecule has 0 saturated heterocycles. The maximum absolute atomic E-state index is 12.8. The zero-order valence-corrected chi connectivity index (χ0v) is 17.4. The second kappa shape index (κ2) is 10.7. The number of para-hydroxylation sites is 1. The van der Waals surface area contributed by atoms with Crippen LogP contribution in [0.4, 0.5) is 0 Å². The van der Waals surface area contributed by atoms with Gasteiger partial charge in [0.15, 0.2) is 12.3 Å². The van der Waals surface area contributed by atoms with Gasteiger partial charge in [0.05, 0.1) is 35.5 Å². The number of thiophene rings is 1. The first-order chi connectivity index (χ1) is 15.1. The highest BCUT2D eigenvalue weighted by atomic mass is 32.1. The van der Waals surface area contributed by atoms with Crippen molar-refractivity contribution >= 4 is 23.2 Å². The standard InChI is InChI=1S/C22H19N5O3S/c23-10-5-12-26(13-6-11-24)21(28)16-30-22(29)19-15-18(20-9-4-14-31-20)25-27(19)17-7-2-1-3-8-17/h1-4,7-9,14-15H,5-6,12-13,16H2. The van der Waals surface area contributed by atoms with Gasteiger partial charge in [0.1, 0.15) is 5.69 Å². The number of nitriles is 2. The van der Waals surface area contributed by atoms with Gasteiger partial charge in [0, 0.05) is 19.2 Å². The summed E-state index contributed by atoms with van der Waals surface area (Å²) in [5.74, 6) is -1.14. The molecule has 2 aromatic heterocycles. The third-order valence-electron chi connectivity index (χ3n) is 4.36. The Labute approximate surface area is 183 Å². The summed E-state index contributed by atoms with van der Waals surface area (Å²) in [6.07, 6.45) is 0.270. The van der Waals surface area contributed by atoms with Gasteiger partial charge < -0.3 is 9.64 Å². The molecule has 8 nitrogen and oxygen atoms in total. The Balaban J connectivity index is 1.78. The molecular formula is C22H19N5O3S. The fraction of sp³-hybridized carbons (Fsp3) is 0.227. The van der Waals surface area contributed by atoms with Crippen LogP contribution in [0, 0.1) is 22.7 Å². The number of esters is 1. The number of nitrogens with zero attached hydrogens (tertiary/aromatic N) is 5. The number of ether oxygens (including phenoxy) is 1. The molecule has 0 aliphatic rings. The van der Waals surface area contributed by atoms with Gasteiger partial charge in [-0.15, -0.1) is 11.3 Å². The largest absolute Gasteiger partial charge is 0.451 e. The van der Waals surface area contributed by atoms with Crippen molar-refractivity contribution in [3.63, 3.8) is 0 Å². The van der Waals surface area contributed by atoms with Crippen molar-refractivity contribution in [2.75, 3.05) is 19.7 Å². The molecule has 0 fully saturated rings. The number of benzene rings is 1. The lowest BCUT2D eigenvalue weighted by Crippen LogP contribution is -2.36. The zero-order chi connectivity index (χ0) is 22.1. The molecule has 0 atom stereocenters. The topological polar surface area (TPSA) is 112 Å². The summed E-state index contributed by atoms with van der Waals surface area (Å²) >= 11 is 1.50. The van der Waals surface area contributed by atoms with Gasteiger partial charge in [-0.3, -0.25) is 4.79 Å². The highest BCUT2D eigenvalue weighted by Crippen LogP contribution is 2.26. The molecule has 0 radical (unpaired) electrons. The number of hydrogen-bond donors (Lipinski definition) is 0. The molecule has 1 amide bonds. The minimum absolute atomic E-state index is 0.135. The van der Waals surface area contributed by atoms with Crippen molar-refractivity contribution in [3.8, 4) is 28.4 Å². The van der Waals surface area contributed by atoms with E-state index in [1.807, 2.05) is 60.0 Å². The first-order valence-electron chi connectivity index (χ1n) is 9.52. The average Bonchev–Trinajstić information content (AvgIpc) is 3.48. The molecule has 3 rings (SSSR count). The van der Waals surface area contributed by atoms with E-state index in [4.69, 9.17) is 15.3 Å². The van der Waals surface area contributed by atoms with Crippen molar-refractivity contribution in [2.45, 2.75) is 12.8 Å². The maximum Gasteiger partial charge on any atom is 0.357 e. The molecule has 3 aromatic rings. The van der Waals surface area contributed by atoms with Gasteiger partial charge >= 0.3 is 5.97 Å². The highest BCUT2D eigenvalue weighted by Gasteiger charge is 2.21. The summed E-state index contributed by atoms with van der Waals surface area (Å²) in [6, 6.07) is 18.5. The Morgan fingerprint density at radius 1 is 1.06 bits per heavy atom. The molecule has 156 valence electrons. The van der Waals surface area contributed by atoms with Crippen LogP contribution in [0.15, 0.2) is 53.9 Å². The van der Waals surface area contributed by atoms with Crippen LogP contribution >= 0.6 is 11.3 Å². The number of hydrogen-bond acceptors (Lipinski definition) is 7. The maximum atomic E-state index is 12.8. The lowest BCUT2D eigenvalue weighted by molar-refractivity contribution is -0.134. The normalized spacial score (nSPS) is 10.1. The van der Waals surface area contributed by atoms with E-state index in [2.05, 4.69) is 5.10 Å². The Morgan fingerprint density at radius 2 is 1.77 bits per heavy atom. The summed E-state index contributed by atoms with van der Waals surface area (Å²) < 4.78 is 6.76. The molecular weight excluding hydrogens is 414 g/mol. The fourth-order valence-corrected chi connectivity index (χ4v) is 3.54. The van der Waals surface area contributed by atoms with Crippen LogP contribution in [0.5, 0.6) is 0 Å². The third kappa shape index (κ3) is 5.56. The molecule has 0 spiro atoms. The predicted octanol–water partition coefficient (Wildman–Crippen LogP) is 3.41. The van der Waals surface area contributed by atoms with Crippen LogP contribution in [0.25, 0.3) is 16.3 Å². The average molecular weight is 433 g/mol. The van der Waals surface area contributed by atoms with E-state index in [9.17, 15) is 9.59 Å². The van der Waals surface area contributed by atoms with E-state index in [0.29, 0.717) is 11.4 Å². The van der Waals surface area contributed by atoms with Gasteiger partial charge in [0.25, 0.3) is 5.91 Å². The number of amides is 1. The number of aromatic nitrogens is 2. The first-order valence-corrected chi connectivity index (χ1v) is 10.4. The molecule has 0 aliphatic carbocycles. The summed E-state index contributed by atoms with van der Waals surface area (Å²) in [7, 11) is 0. The number of rotatable bonds is 9. The summed E-state index contributed by atoms with van der Waals surface area (Å²) in [6.45, 7) is -0.123. The van der Waals surface area contributed by atoms with E-state index in [0.717, 1.165) is 4.88 Å². The van der Waals surface area contributed by atoms with Crippen molar-refractivity contribution in [3.05, 3.63) is 59.6 Å². The van der Waals surface area contributed by atoms with Gasteiger partial charge in [0.2, 0.25) is 0 Å². The van der Waals surface area contributed by atoms with Crippen LogP contribution in [0.3, 0.4) is 0 Å². The lowest BCUT2D eigenvalue weighted by Gasteiger charge is -2.20. The molecule has 31 heavy (non-hydrogen) atoms. The number of carbonyl (C=O) groups excluding carboxylic acids is 2. The van der Waals surface area contributed by atoms with Crippen LogP contribution in [0.2, 0.25) is 0 Å². The molecule has 1 aromatic carbocycles. The molecule has 0 bridgehead atoms. The first kappa shape index (κ1) is 21.8. The molecule has 0 aliphatic heterocycles. The molecule has 0 unspecified atom stereocenters. The summed E-state index contributed by atoms with van der Waals surface area (Å²) in [4.78, 5) is 27.5. The summed E-state index contributed by atoms with van der Waals surface area (Å²) in [5.41, 5.74) is 1.51. The Bertz CT molecular complexity index is 1090. The predicted molar refractivity (Wildman–Crippen MR) is 114 cm³/mol. The third-order valence-corrected chi connectivity index (χ3v) is 5.25. The Morgan fingerprint density at radius 3 is 2.39 bits per heavy atom. The van der Waals surface area contributed by atoms with Gasteiger partial charge in [-0.05, 0) is 23.6 Å². The minimum atomic E-state index is -0.687. The van der Waals surface area contributed by atoms with Crippen LogP contribution in [0.1, 0.15) is 23.3 Å². The molecule has 2 heterocycles. The quantitative estimate of drug-likeness (QED) is 0.478. The van der Waals surface area contributed by atoms with E-state index < -0.39 is 18.5 Å². The van der Waals surface area contributed by atoms with Crippen molar-refractivity contribution in [2.24, 2.45) is 0 Å². The Kier molecular flexibility index (Phi) is 7.52. The molecule has 0 N–H and O–H groups in total. The highest BCUT2D eigenvalue weighted by molar-refractivity contribution is 7.13. The van der Waals surface area contributed by atoms with E-state index >= 15 is 0 Å². The van der Waals surface area contributed by atoms with E-state index in [1.54, 1.807) is 6.07 Å². The second-order valence-corrected chi connectivity index (χ2v) is 7.36.